The Morgan fingerprint density at radius 1 is 1.07 bits per heavy atom. The van der Waals surface area contributed by atoms with E-state index in [1.807, 2.05) is 0 Å². The second-order valence-electron chi connectivity index (χ2n) is 8.66. The minimum Gasteiger partial charge on any atom is -0.349 e. The summed E-state index contributed by atoms with van der Waals surface area (Å²) in [5, 5.41) is 3.51. The summed E-state index contributed by atoms with van der Waals surface area (Å²) < 4.78 is 27.0. The van der Waals surface area contributed by atoms with Crippen LogP contribution >= 0.6 is 11.6 Å². The van der Waals surface area contributed by atoms with Crippen LogP contribution in [0.1, 0.15) is 56.3 Å². The minimum atomic E-state index is -3.63. The van der Waals surface area contributed by atoms with Gasteiger partial charge >= 0.3 is 0 Å². The maximum absolute atomic E-state index is 13.0. The molecule has 154 valence electrons. The number of amides is 1. The Balaban J connectivity index is 1.56. The molecule has 4 aliphatic carbocycles. The van der Waals surface area contributed by atoms with E-state index >= 15 is 0 Å². The summed E-state index contributed by atoms with van der Waals surface area (Å²) in [6.45, 7) is 4.38. The van der Waals surface area contributed by atoms with Crippen molar-refractivity contribution in [3.05, 3.63) is 28.8 Å². The summed E-state index contributed by atoms with van der Waals surface area (Å²) in [6.07, 6.45) is 6.21. The molecule has 1 aromatic rings. The van der Waals surface area contributed by atoms with Crippen LogP contribution < -0.4 is 5.32 Å². The fraction of sp³-hybridized carbons (Fsp3) is 0.667. The van der Waals surface area contributed by atoms with Gasteiger partial charge in [0.1, 0.15) is 0 Å². The molecule has 0 aliphatic heterocycles. The van der Waals surface area contributed by atoms with Crippen molar-refractivity contribution in [1.82, 2.24) is 9.62 Å². The second kappa shape index (κ2) is 7.62. The van der Waals surface area contributed by atoms with Crippen LogP contribution in [0.2, 0.25) is 5.02 Å². The van der Waals surface area contributed by atoms with Crippen LogP contribution in [0.4, 0.5) is 0 Å². The molecule has 1 aromatic carbocycles. The van der Waals surface area contributed by atoms with Crippen LogP contribution in [0.25, 0.3) is 0 Å². The fourth-order valence-corrected chi connectivity index (χ4v) is 7.63. The third-order valence-electron chi connectivity index (χ3n) is 7.05. The number of halogens is 1. The summed E-state index contributed by atoms with van der Waals surface area (Å²) in [5.74, 6) is 2.53. The number of hydrogen-bond donors (Lipinski definition) is 1. The third-order valence-corrected chi connectivity index (χ3v) is 9.43. The smallest absolute Gasteiger partial charge is 0.253 e. The Hall–Kier alpha value is -1.11. The zero-order valence-electron chi connectivity index (χ0n) is 16.5. The van der Waals surface area contributed by atoms with Gasteiger partial charge in [0.15, 0.2) is 0 Å². The van der Waals surface area contributed by atoms with Gasteiger partial charge < -0.3 is 5.32 Å². The standard InChI is InChI=1S/C21H29ClN2O3S/c1-3-24(4-2)28(26,27)17-5-6-19(22)18(12-17)21(25)23-20-15-8-13-7-14(10-15)11-16(20)9-13/h5-6,12-16,20H,3-4,7-11H2,1-2H3,(H,23,25). The predicted molar refractivity (Wildman–Crippen MR) is 110 cm³/mol. The first-order valence-corrected chi connectivity index (χ1v) is 12.3. The zero-order chi connectivity index (χ0) is 20.1. The fourth-order valence-electron chi connectivity index (χ4n) is 5.94. The lowest BCUT2D eigenvalue weighted by molar-refractivity contribution is -0.0119. The van der Waals surface area contributed by atoms with Crippen LogP contribution in [0.5, 0.6) is 0 Å². The lowest BCUT2D eigenvalue weighted by Gasteiger charge is -2.54. The van der Waals surface area contributed by atoms with Gasteiger partial charge in [0.2, 0.25) is 10.0 Å². The summed E-state index contributed by atoms with van der Waals surface area (Å²) in [7, 11) is -3.63. The van der Waals surface area contributed by atoms with Gasteiger partial charge in [-0.15, -0.1) is 0 Å². The van der Waals surface area contributed by atoms with E-state index in [-0.39, 0.29) is 22.4 Å². The van der Waals surface area contributed by atoms with E-state index in [1.54, 1.807) is 13.8 Å². The van der Waals surface area contributed by atoms with Gasteiger partial charge in [0.25, 0.3) is 5.91 Å². The van der Waals surface area contributed by atoms with E-state index in [9.17, 15) is 13.2 Å². The molecule has 0 spiro atoms. The first-order valence-electron chi connectivity index (χ1n) is 10.4. The number of benzene rings is 1. The van der Waals surface area contributed by atoms with Crippen LogP contribution in [0, 0.1) is 23.7 Å². The van der Waals surface area contributed by atoms with E-state index in [1.165, 1.54) is 54.6 Å². The van der Waals surface area contributed by atoms with E-state index in [0.717, 1.165) is 11.8 Å². The Morgan fingerprint density at radius 2 is 1.64 bits per heavy atom. The molecule has 0 saturated heterocycles. The molecule has 0 aromatic heterocycles. The highest BCUT2D eigenvalue weighted by Crippen LogP contribution is 2.53. The summed E-state index contributed by atoms with van der Waals surface area (Å²) in [6, 6.07) is 4.63. The molecule has 5 nitrogen and oxygen atoms in total. The lowest BCUT2D eigenvalue weighted by Crippen LogP contribution is -2.55. The molecule has 28 heavy (non-hydrogen) atoms. The number of rotatable bonds is 6. The molecule has 0 heterocycles. The average Bonchev–Trinajstić information content (AvgIpc) is 2.65. The molecule has 4 fully saturated rings. The average molecular weight is 425 g/mol. The maximum Gasteiger partial charge on any atom is 0.253 e. The van der Waals surface area contributed by atoms with Crippen LogP contribution in [-0.2, 0) is 10.0 Å². The van der Waals surface area contributed by atoms with Crippen molar-refractivity contribution in [2.45, 2.75) is 56.9 Å². The van der Waals surface area contributed by atoms with Gasteiger partial charge in [-0.05, 0) is 74.0 Å². The number of hydrogen-bond acceptors (Lipinski definition) is 3. The largest absolute Gasteiger partial charge is 0.349 e. The lowest BCUT2D eigenvalue weighted by atomic mass is 9.54. The second-order valence-corrected chi connectivity index (χ2v) is 11.0. The molecule has 0 unspecified atom stereocenters. The minimum absolute atomic E-state index is 0.121. The van der Waals surface area contributed by atoms with Gasteiger partial charge in [-0.25, -0.2) is 8.42 Å². The summed E-state index contributed by atoms with van der Waals surface area (Å²) >= 11 is 6.29. The van der Waals surface area contributed by atoms with Crippen molar-refractivity contribution in [3.63, 3.8) is 0 Å². The quantitative estimate of drug-likeness (QED) is 0.752. The zero-order valence-corrected chi connectivity index (χ0v) is 18.1. The molecule has 4 aliphatic rings. The predicted octanol–water partition coefficient (Wildman–Crippen LogP) is 3.93. The first kappa shape index (κ1) is 20.2. The highest BCUT2D eigenvalue weighted by Gasteiger charge is 2.48. The Bertz CT molecular complexity index is 838. The molecular formula is C21H29ClN2O3S. The number of sulfonamides is 1. The van der Waals surface area contributed by atoms with Gasteiger partial charge in [0, 0.05) is 19.1 Å². The molecule has 0 atom stereocenters. The van der Waals surface area contributed by atoms with E-state index < -0.39 is 10.0 Å². The first-order chi connectivity index (χ1) is 13.3. The maximum atomic E-state index is 13.0. The van der Waals surface area contributed by atoms with Gasteiger partial charge in [0.05, 0.1) is 15.5 Å². The summed E-state index contributed by atoms with van der Waals surface area (Å²) in [5.41, 5.74) is 0.253. The van der Waals surface area contributed by atoms with Crippen molar-refractivity contribution < 1.29 is 13.2 Å². The van der Waals surface area contributed by atoms with Crippen LogP contribution in [0.3, 0.4) is 0 Å². The van der Waals surface area contributed by atoms with Crippen molar-refractivity contribution in [2.24, 2.45) is 23.7 Å². The van der Waals surface area contributed by atoms with E-state index in [0.29, 0.717) is 29.9 Å². The molecule has 1 N–H and O–H groups in total. The molecule has 7 heteroatoms. The molecule has 5 rings (SSSR count). The Kier molecular flexibility index (Phi) is 5.49. The van der Waals surface area contributed by atoms with Crippen molar-refractivity contribution >= 4 is 27.5 Å². The highest BCUT2D eigenvalue weighted by atomic mass is 35.5. The van der Waals surface area contributed by atoms with Crippen molar-refractivity contribution in [1.29, 1.82) is 0 Å². The van der Waals surface area contributed by atoms with Gasteiger partial charge in [-0.2, -0.15) is 4.31 Å². The van der Waals surface area contributed by atoms with Crippen molar-refractivity contribution in [3.8, 4) is 0 Å². The molecule has 4 saturated carbocycles. The monoisotopic (exact) mass is 424 g/mol. The van der Waals surface area contributed by atoms with E-state index in [4.69, 9.17) is 11.6 Å². The van der Waals surface area contributed by atoms with E-state index in [2.05, 4.69) is 5.32 Å². The molecule has 1 amide bonds. The van der Waals surface area contributed by atoms with Gasteiger partial charge in [-0.3, -0.25) is 4.79 Å². The summed E-state index contributed by atoms with van der Waals surface area (Å²) in [4.78, 5) is 13.2. The van der Waals surface area contributed by atoms with Gasteiger partial charge in [-0.1, -0.05) is 25.4 Å². The third kappa shape index (κ3) is 3.48. The number of nitrogens with zero attached hydrogens (tertiary/aromatic N) is 1. The van der Waals surface area contributed by atoms with Crippen molar-refractivity contribution in [2.75, 3.05) is 13.1 Å². The number of carbonyl (C=O) groups excluding carboxylic acids is 1. The Labute approximate surface area is 172 Å². The molecular weight excluding hydrogens is 396 g/mol. The van der Waals surface area contributed by atoms with Crippen LogP contribution in [0.15, 0.2) is 23.1 Å². The Morgan fingerprint density at radius 3 is 2.18 bits per heavy atom. The topological polar surface area (TPSA) is 66.5 Å². The number of carbonyl (C=O) groups is 1. The van der Waals surface area contributed by atoms with Crippen LogP contribution in [-0.4, -0.2) is 37.8 Å². The molecule has 0 radical (unpaired) electrons. The number of nitrogens with one attached hydrogen (secondary N) is 1. The molecule has 4 bridgehead atoms. The highest BCUT2D eigenvalue weighted by molar-refractivity contribution is 7.89. The SMILES string of the molecule is CCN(CC)S(=O)(=O)c1ccc(Cl)c(C(=O)NC2C3CC4CC(C3)CC2C4)c1. The normalized spacial score (nSPS) is 31.4.